The first-order chi connectivity index (χ1) is 16.9. The first-order valence-corrected chi connectivity index (χ1v) is 11.5. The van der Waals surface area contributed by atoms with Crippen molar-refractivity contribution in [3.05, 3.63) is 116 Å². The average Bonchev–Trinajstić information content (AvgIpc) is 3.46. The van der Waals surface area contributed by atoms with E-state index in [1.165, 1.54) is 5.56 Å². The molecule has 0 radical (unpaired) electrons. The minimum Gasteiger partial charge on any atom is -0.333 e. The molecule has 1 amide bonds. The quantitative estimate of drug-likeness (QED) is 0.490. The highest BCUT2D eigenvalue weighted by Crippen LogP contribution is 2.50. The highest BCUT2D eigenvalue weighted by atomic mass is 19.2. The number of aromatic nitrogens is 2. The maximum atomic E-state index is 14.6. The summed E-state index contributed by atoms with van der Waals surface area (Å²) in [5, 5.41) is -0.580. The molecule has 35 heavy (non-hydrogen) atoms. The number of hydrogen-bond donors (Lipinski definition) is 1. The molecule has 176 valence electrons. The van der Waals surface area contributed by atoms with Crippen molar-refractivity contribution < 1.29 is 13.6 Å². The summed E-state index contributed by atoms with van der Waals surface area (Å²) >= 11 is 0. The fourth-order valence-corrected chi connectivity index (χ4v) is 5.64. The molecular formula is C27H21F2N3O3. The second kappa shape index (κ2) is 8.01. The van der Waals surface area contributed by atoms with E-state index in [0.29, 0.717) is 6.54 Å². The number of nitrogens with zero attached hydrogens (tertiary/aromatic N) is 2. The van der Waals surface area contributed by atoms with Crippen molar-refractivity contribution in [2.75, 3.05) is 6.54 Å². The van der Waals surface area contributed by atoms with Crippen molar-refractivity contribution in [2.24, 2.45) is 0 Å². The fraction of sp³-hybridized carbons (Fsp3) is 0.222. The SMILES string of the molecule is O=C([C@H](Cc1ccccc1)n1c(=O)[nH]c2ccc(F)c(F)c2c1=O)N1C[C@@H]2C[C@H]1c1ccccc12. The summed E-state index contributed by atoms with van der Waals surface area (Å²) in [5.41, 5.74) is 1.05. The molecule has 4 aromatic rings. The Morgan fingerprint density at radius 2 is 1.69 bits per heavy atom. The van der Waals surface area contributed by atoms with Gasteiger partial charge < -0.3 is 9.88 Å². The van der Waals surface area contributed by atoms with E-state index in [4.69, 9.17) is 0 Å². The summed E-state index contributed by atoms with van der Waals surface area (Å²) in [6, 6.07) is 17.6. The number of carbonyl (C=O) groups excluding carboxylic acids is 1. The molecule has 1 N–H and O–H groups in total. The number of halogens is 2. The van der Waals surface area contributed by atoms with Gasteiger partial charge in [-0.15, -0.1) is 0 Å². The zero-order chi connectivity index (χ0) is 24.3. The molecule has 0 unspecified atom stereocenters. The van der Waals surface area contributed by atoms with Gasteiger partial charge in [-0.2, -0.15) is 0 Å². The molecule has 6 rings (SSSR count). The van der Waals surface area contributed by atoms with Gasteiger partial charge in [0.1, 0.15) is 11.4 Å². The third-order valence-electron chi connectivity index (χ3n) is 7.24. The number of benzene rings is 3. The van der Waals surface area contributed by atoms with E-state index in [2.05, 4.69) is 11.1 Å². The van der Waals surface area contributed by atoms with Crippen LogP contribution in [0.2, 0.25) is 0 Å². The number of H-pyrrole nitrogens is 1. The smallest absolute Gasteiger partial charge is 0.329 e. The van der Waals surface area contributed by atoms with Gasteiger partial charge in [0.25, 0.3) is 5.56 Å². The van der Waals surface area contributed by atoms with Crippen LogP contribution >= 0.6 is 0 Å². The highest BCUT2D eigenvalue weighted by Gasteiger charge is 2.46. The van der Waals surface area contributed by atoms with Crippen molar-refractivity contribution in [2.45, 2.75) is 30.8 Å². The van der Waals surface area contributed by atoms with E-state index in [1.807, 2.05) is 24.3 Å². The van der Waals surface area contributed by atoms with E-state index < -0.39 is 34.3 Å². The molecule has 1 saturated heterocycles. The van der Waals surface area contributed by atoms with Crippen molar-refractivity contribution in [1.29, 1.82) is 0 Å². The predicted molar refractivity (Wildman–Crippen MR) is 126 cm³/mol. The van der Waals surface area contributed by atoms with Gasteiger partial charge in [0, 0.05) is 18.9 Å². The number of aromatic amines is 1. The average molecular weight is 473 g/mol. The van der Waals surface area contributed by atoms with Gasteiger partial charge in [-0.25, -0.2) is 18.1 Å². The molecule has 2 heterocycles. The van der Waals surface area contributed by atoms with Crippen molar-refractivity contribution in [1.82, 2.24) is 14.5 Å². The largest absolute Gasteiger partial charge is 0.333 e. The van der Waals surface area contributed by atoms with Gasteiger partial charge in [-0.3, -0.25) is 9.59 Å². The number of fused-ring (bicyclic) bond motifs is 6. The highest BCUT2D eigenvalue weighted by molar-refractivity contribution is 5.83. The van der Waals surface area contributed by atoms with E-state index in [9.17, 15) is 23.2 Å². The van der Waals surface area contributed by atoms with Crippen LogP contribution in [0.4, 0.5) is 8.78 Å². The van der Waals surface area contributed by atoms with Crippen molar-refractivity contribution in [3.63, 3.8) is 0 Å². The Balaban J connectivity index is 1.49. The Kier molecular flexibility index (Phi) is 4.91. The van der Waals surface area contributed by atoms with Crippen LogP contribution in [0.25, 0.3) is 10.9 Å². The van der Waals surface area contributed by atoms with Gasteiger partial charge in [0.2, 0.25) is 5.91 Å². The predicted octanol–water partition coefficient (Wildman–Crippen LogP) is 3.82. The van der Waals surface area contributed by atoms with Crippen LogP contribution in [0.5, 0.6) is 0 Å². The first-order valence-electron chi connectivity index (χ1n) is 11.5. The molecule has 0 saturated carbocycles. The molecule has 1 fully saturated rings. The summed E-state index contributed by atoms with van der Waals surface area (Å²) in [7, 11) is 0. The summed E-state index contributed by atoms with van der Waals surface area (Å²) in [4.78, 5) is 44.6. The molecular weight excluding hydrogens is 452 g/mol. The van der Waals surface area contributed by atoms with Crippen LogP contribution in [-0.4, -0.2) is 26.9 Å². The Hall–Kier alpha value is -4.07. The molecule has 2 aliphatic rings. The minimum absolute atomic E-state index is 0.0562. The summed E-state index contributed by atoms with van der Waals surface area (Å²) in [6.45, 7) is 0.481. The standard InChI is InChI=1S/C27H21F2N3O3/c28-19-10-11-20-23(24(19)29)26(34)32(27(35)30-20)22(12-15-6-2-1-3-7-15)25(33)31-14-16-13-21(31)18-9-5-4-8-17(16)18/h1-11,16,21-22H,12-14H2,(H,30,35)/t16-,21-,22-/m0/s1. The molecule has 0 spiro atoms. The number of likely N-dealkylation sites (tertiary alicyclic amines) is 1. The van der Waals surface area contributed by atoms with E-state index >= 15 is 0 Å². The van der Waals surface area contributed by atoms with Crippen LogP contribution in [0.3, 0.4) is 0 Å². The van der Waals surface area contributed by atoms with Crippen LogP contribution in [0.15, 0.2) is 76.3 Å². The molecule has 2 bridgehead atoms. The Labute approximate surface area is 198 Å². The van der Waals surface area contributed by atoms with Gasteiger partial charge in [0.05, 0.1) is 11.6 Å². The maximum absolute atomic E-state index is 14.6. The Bertz CT molecular complexity index is 1600. The van der Waals surface area contributed by atoms with E-state index in [-0.39, 0.29) is 29.8 Å². The minimum atomic E-state index is -1.35. The lowest BCUT2D eigenvalue weighted by Gasteiger charge is -2.32. The number of carbonyl (C=O) groups is 1. The van der Waals surface area contributed by atoms with Crippen molar-refractivity contribution in [3.8, 4) is 0 Å². The topological polar surface area (TPSA) is 75.2 Å². The second-order valence-corrected chi connectivity index (χ2v) is 9.16. The molecule has 1 aromatic heterocycles. The number of nitrogens with one attached hydrogen (secondary N) is 1. The van der Waals surface area contributed by atoms with Crippen LogP contribution in [0.1, 0.15) is 41.1 Å². The summed E-state index contributed by atoms with van der Waals surface area (Å²) in [5.74, 6) is -2.75. The van der Waals surface area contributed by atoms with E-state index in [0.717, 1.165) is 34.2 Å². The van der Waals surface area contributed by atoms with Gasteiger partial charge in [-0.05, 0) is 35.2 Å². The third kappa shape index (κ3) is 3.31. The fourth-order valence-electron chi connectivity index (χ4n) is 5.64. The van der Waals surface area contributed by atoms with E-state index in [1.54, 1.807) is 29.2 Å². The monoisotopic (exact) mass is 473 g/mol. The van der Waals surface area contributed by atoms with Crippen LogP contribution < -0.4 is 11.2 Å². The van der Waals surface area contributed by atoms with Gasteiger partial charge in [0.15, 0.2) is 11.6 Å². The Morgan fingerprint density at radius 1 is 0.971 bits per heavy atom. The van der Waals surface area contributed by atoms with Gasteiger partial charge >= 0.3 is 5.69 Å². The number of amides is 1. The van der Waals surface area contributed by atoms with Crippen LogP contribution in [-0.2, 0) is 11.2 Å². The lowest BCUT2D eigenvalue weighted by atomic mass is 9.98. The molecule has 6 nitrogen and oxygen atoms in total. The summed E-state index contributed by atoms with van der Waals surface area (Å²) in [6.07, 6.45) is 0.840. The lowest BCUT2D eigenvalue weighted by Crippen LogP contribution is -2.47. The molecule has 3 atom stereocenters. The number of rotatable bonds is 4. The van der Waals surface area contributed by atoms with Crippen LogP contribution in [0, 0.1) is 11.6 Å². The molecule has 1 aliphatic heterocycles. The number of hydrogen-bond acceptors (Lipinski definition) is 3. The zero-order valence-corrected chi connectivity index (χ0v) is 18.6. The lowest BCUT2D eigenvalue weighted by molar-refractivity contribution is -0.136. The summed E-state index contributed by atoms with van der Waals surface area (Å²) < 4.78 is 29.4. The molecule has 3 aromatic carbocycles. The van der Waals surface area contributed by atoms with Gasteiger partial charge in [-0.1, -0.05) is 54.6 Å². The first kappa shape index (κ1) is 21.5. The van der Waals surface area contributed by atoms with Crippen molar-refractivity contribution >= 4 is 16.8 Å². The Morgan fingerprint density at radius 3 is 2.46 bits per heavy atom. The normalized spacial score (nSPS) is 19.2. The molecule has 8 heteroatoms. The molecule has 1 aliphatic carbocycles. The third-order valence-corrected chi connectivity index (χ3v) is 7.24. The second-order valence-electron chi connectivity index (χ2n) is 9.16. The maximum Gasteiger partial charge on any atom is 0.329 e. The zero-order valence-electron chi connectivity index (χ0n) is 18.6.